The quantitative estimate of drug-likeness (QED) is 0.720. The Bertz CT molecular complexity index is 394. The average molecular weight is 267 g/mol. The van der Waals surface area contributed by atoms with E-state index in [4.69, 9.17) is 0 Å². The van der Waals surface area contributed by atoms with Crippen LogP contribution in [0.1, 0.15) is 31.1 Å². The number of halogens is 5. The molecule has 0 saturated heterocycles. The van der Waals surface area contributed by atoms with Crippen molar-refractivity contribution >= 4 is 0 Å². The Hall–Kier alpha value is -1.17. The molecule has 0 heterocycles. The summed E-state index contributed by atoms with van der Waals surface area (Å²) in [5, 5.41) is 11.6. The molecule has 1 unspecified atom stereocenters. The first-order valence-electron chi connectivity index (χ1n) is 5.28. The summed E-state index contributed by atoms with van der Waals surface area (Å²) in [5.74, 6) is -5.17. The van der Waals surface area contributed by atoms with E-state index in [-0.39, 0.29) is 11.5 Å². The van der Waals surface area contributed by atoms with Gasteiger partial charge in [0, 0.05) is 5.56 Å². The fraction of sp³-hybridized carbons (Fsp3) is 0.500. The highest BCUT2D eigenvalue weighted by atomic mass is 19.4. The molecule has 0 fully saturated rings. The molecule has 1 aromatic rings. The molecule has 0 aliphatic rings. The molecule has 0 aromatic heterocycles. The van der Waals surface area contributed by atoms with Crippen LogP contribution in [0.25, 0.3) is 0 Å². The molecule has 18 heavy (non-hydrogen) atoms. The second kappa shape index (κ2) is 4.84. The van der Waals surface area contributed by atoms with E-state index in [1.807, 2.05) is 0 Å². The highest BCUT2D eigenvalue weighted by Crippen LogP contribution is 2.44. The fourth-order valence-corrected chi connectivity index (χ4v) is 1.43. The molecule has 0 amide bonds. The fourth-order valence-electron chi connectivity index (χ4n) is 1.43. The minimum absolute atomic E-state index is 0.201. The molecule has 1 nitrogen and oxygen atoms in total. The second-order valence-corrected chi connectivity index (χ2v) is 4.36. The largest absolute Gasteiger partial charge is 0.458 e. The van der Waals surface area contributed by atoms with E-state index >= 15 is 0 Å². The molecule has 1 rings (SSSR count). The summed E-state index contributed by atoms with van der Waals surface area (Å²) in [5.41, 5.74) is -0.957. The summed E-state index contributed by atoms with van der Waals surface area (Å²) in [7, 11) is 0. The maximum absolute atomic E-state index is 13.0. The molecule has 1 aromatic carbocycles. The lowest BCUT2D eigenvalue weighted by Crippen LogP contribution is -2.33. The standard InChI is InChI=1S/C12H12F5O/c1-7(2)10(18)8-3-5-9(6-4-8)11(13,14)12(15,16)17/h3-7,10H,1-2H3. The van der Waals surface area contributed by atoms with E-state index in [0.717, 1.165) is 12.1 Å². The number of hydrogen-bond acceptors (Lipinski definition) is 0. The molecule has 101 valence electrons. The van der Waals surface area contributed by atoms with E-state index in [2.05, 4.69) is 0 Å². The zero-order valence-electron chi connectivity index (χ0n) is 9.76. The van der Waals surface area contributed by atoms with Crippen molar-refractivity contribution in [3.05, 3.63) is 35.4 Å². The minimum atomic E-state index is -5.64. The van der Waals surface area contributed by atoms with Gasteiger partial charge in [-0.05, 0) is 11.5 Å². The molecule has 0 N–H and O–H groups in total. The van der Waals surface area contributed by atoms with Gasteiger partial charge in [0.05, 0.1) is 0 Å². The van der Waals surface area contributed by atoms with E-state index in [9.17, 15) is 27.1 Å². The third-order valence-electron chi connectivity index (χ3n) is 2.56. The van der Waals surface area contributed by atoms with Crippen LogP contribution in [0.5, 0.6) is 0 Å². The van der Waals surface area contributed by atoms with Crippen LogP contribution in [-0.2, 0) is 11.0 Å². The Kier molecular flexibility index (Phi) is 4.00. The van der Waals surface area contributed by atoms with Crippen LogP contribution < -0.4 is 0 Å². The van der Waals surface area contributed by atoms with Gasteiger partial charge in [-0.1, -0.05) is 38.1 Å². The predicted octanol–water partition coefficient (Wildman–Crippen LogP) is 4.47. The Balaban J connectivity index is 3.03. The summed E-state index contributed by atoms with van der Waals surface area (Å²) in [6.07, 6.45) is -6.78. The maximum Gasteiger partial charge on any atom is 0.458 e. The monoisotopic (exact) mass is 267 g/mol. The summed E-state index contributed by atoms with van der Waals surface area (Å²) in [6.45, 7) is 3.30. The van der Waals surface area contributed by atoms with Crippen LogP contribution in [0, 0.1) is 5.92 Å². The molecule has 0 aliphatic heterocycles. The van der Waals surface area contributed by atoms with E-state index in [0.29, 0.717) is 12.1 Å². The van der Waals surface area contributed by atoms with Gasteiger partial charge in [0.15, 0.2) is 0 Å². The van der Waals surface area contributed by atoms with Crippen LogP contribution >= 0.6 is 0 Å². The Morgan fingerprint density at radius 1 is 0.944 bits per heavy atom. The van der Waals surface area contributed by atoms with Crippen molar-refractivity contribution in [2.45, 2.75) is 32.1 Å². The zero-order valence-corrected chi connectivity index (χ0v) is 9.76. The molecule has 0 aliphatic carbocycles. The Labute approximate surface area is 101 Å². The van der Waals surface area contributed by atoms with Crippen molar-refractivity contribution in [3.63, 3.8) is 0 Å². The van der Waals surface area contributed by atoms with Crippen molar-refractivity contribution in [2.24, 2.45) is 5.92 Å². The van der Waals surface area contributed by atoms with Crippen molar-refractivity contribution in [1.82, 2.24) is 0 Å². The van der Waals surface area contributed by atoms with E-state index < -0.39 is 23.8 Å². The highest BCUT2D eigenvalue weighted by Gasteiger charge is 2.58. The van der Waals surface area contributed by atoms with Gasteiger partial charge in [-0.25, -0.2) is 5.11 Å². The normalized spacial score (nSPS) is 14.9. The number of alkyl halides is 5. The second-order valence-electron chi connectivity index (χ2n) is 4.36. The van der Waals surface area contributed by atoms with E-state index in [1.54, 1.807) is 13.8 Å². The molecule has 0 spiro atoms. The minimum Gasteiger partial charge on any atom is -0.228 e. The van der Waals surface area contributed by atoms with E-state index in [1.165, 1.54) is 0 Å². The molecule has 0 saturated carbocycles. The van der Waals surface area contributed by atoms with Crippen LogP contribution in [0.2, 0.25) is 0 Å². The average Bonchev–Trinajstić information content (AvgIpc) is 2.26. The van der Waals surface area contributed by atoms with Crippen LogP contribution in [-0.4, -0.2) is 6.18 Å². The van der Waals surface area contributed by atoms with Crippen molar-refractivity contribution < 1.29 is 27.1 Å². The molecule has 1 atom stereocenters. The predicted molar refractivity (Wildman–Crippen MR) is 54.7 cm³/mol. The molecule has 0 bridgehead atoms. The van der Waals surface area contributed by atoms with Gasteiger partial charge in [0.25, 0.3) is 0 Å². The third-order valence-corrected chi connectivity index (χ3v) is 2.56. The Morgan fingerprint density at radius 2 is 1.39 bits per heavy atom. The van der Waals surface area contributed by atoms with Crippen LogP contribution in [0.4, 0.5) is 22.0 Å². The van der Waals surface area contributed by atoms with Crippen molar-refractivity contribution in [3.8, 4) is 0 Å². The first-order valence-corrected chi connectivity index (χ1v) is 5.28. The molecular weight excluding hydrogens is 255 g/mol. The number of rotatable bonds is 3. The molecular formula is C12H12F5O. The molecule has 6 heteroatoms. The topological polar surface area (TPSA) is 19.9 Å². The smallest absolute Gasteiger partial charge is 0.228 e. The first-order chi connectivity index (χ1) is 8.07. The lowest BCUT2D eigenvalue weighted by molar-refractivity contribution is -0.289. The van der Waals surface area contributed by atoms with Crippen LogP contribution in [0.3, 0.4) is 0 Å². The van der Waals surface area contributed by atoms with Gasteiger partial charge in [-0.15, -0.1) is 0 Å². The van der Waals surface area contributed by atoms with Gasteiger partial charge in [-0.3, -0.25) is 0 Å². The van der Waals surface area contributed by atoms with Gasteiger partial charge < -0.3 is 0 Å². The van der Waals surface area contributed by atoms with Crippen molar-refractivity contribution in [1.29, 1.82) is 0 Å². The molecule has 1 radical (unpaired) electrons. The lowest BCUT2D eigenvalue weighted by atomic mass is 9.97. The van der Waals surface area contributed by atoms with Gasteiger partial charge in [0.1, 0.15) is 6.10 Å². The summed E-state index contributed by atoms with van der Waals surface area (Å²) >= 11 is 0. The Morgan fingerprint density at radius 3 is 1.72 bits per heavy atom. The number of benzene rings is 1. The summed E-state index contributed by atoms with van der Waals surface area (Å²) in [4.78, 5) is 0. The van der Waals surface area contributed by atoms with Gasteiger partial charge in [-0.2, -0.15) is 22.0 Å². The maximum atomic E-state index is 13.0. The van der Waals surface area contributed by atoms with Gasteiger partial charge >= 0.3 is 12.1 Å². The third kappa shape index (κ3) is 2.80. The first kappa shape index (κ1) is 14.9. The highest BCUT2D eigenvalue weighted by molar-refractivity contribution is 5.28. The van der Waals surface area contributed by atoms with Gasteiger partial charge in [0.2, 0.25) is 0 Å². The SMILES string of the molecule is CC(C)C([O])c1ccc(C(F)(F)C(F)(F)F)cc1. The summed E-state index contributed by atoms with van der Waals surface area (Å²) in [6, 6.07) is 3.34. The van der Waals surface area contributed by atoms with Crippen molar-refractivity contribution in [2.75, 3.05) is 0 Å². The lowest BCUT2D eigenvalue weighted by Gasteiger charge is -2.20. The zero-order chi connectivity index (χ0) is 14.1. The number of hydrogen-bond donors (Lipinski definition) is 0. The summed E-state index contributed by atoms with van der Waals surface area (Å²) < 4.78 is 62.2. The van der Waals surface area contributed by atoms with Crippen LogP contribution in [0.15, 0.2) is 24.3 Å².